The second-order valence-corrected chi connectivity index (χ2v) is 5.34. The van der Waals surface area contributed by atoms with Gasteiger partial charge in [-0.15, -0.1) is 0 Å². The zero-order chi connectivity index (χ0) is 14.7. The molecule has 0 bridgehead atoms. The van der Waals surface area contributed by atoms with E-state index >= 15 is 0 Å². The number of likely N-dealkylation sites (N-methyl/N-ethyl adjacent to an activating group) is 1. The van der Waals surface area contributed by atoms with Gasteiger partial charge >= 0.3 is 5.97 Å². The maximum absolute atomic E-state index is 12.0. The van der Waals surface area contributed by atoms with Gasteiger partial charge in [0, 0.05) is 24.2 Å². The first-order valence-electron chi connectivity index (χ1n) is 6.82. The molecule has 0 heterocycles. The van der Waals surface area contributed by atoms with E-state index in [2.05, 4.69) is 24.2 Å². The van der Waals surface area contributed by atoms with E-state index in [4.69, 9.17) is 5.11 Å². The van der Waals surface area contributed by atoms with Crippen LogP contribution in [0.1, 0.15) is 40.5 Å². The molecule has 0 aliphatic heterocycles. The smallest absolute Gasteiger partial charge is 0.335 e. The van der Waals surface area contributed by atoms with Crippen LogP contribution in [-0.4, -0.2) is 47.6 Å². The summed E-state index contributed by atoms with van der Waals surface area (Å²) >= 11 is 0. The van der Waals surface area contributed by atoms with Crippen LogP contribution in [0.4, 0.5) is 0 Å². The number of hydrogen-bond donors (Lipinski definition) is 2. The molecule has 1 saturated carbocycles. The van der Waals surface area contributed by atoms with Gasteiger partial charge in [-0.25, -0.2) is 4.79 Å². The molecule has 2 N–H and O–H groups in total. The number of aromatic carboxylic acids is 1. The fourth-order valence-electron chi connectivity index (χ4n) is 2.09. The molecule has 0 radical (unpaired) electrons. The minimum Gasteiger partial charge on any atom is -0.478 e. The maximum atomic E-state index is 12.0. The molecule has 1 aromatic carbocycles. The maximum Gasteiger partial charge on any atom is 0.335 e. The Morgan fingerprint density at radius 3 is 2.35 bits per heavy atom. The number of carboxylic acids is 1. The van der Waals surface area contributed by atoms with Crippen molar-refractivity contribution in [1.29, 1.82) is 0 Å². The van der Waals surface area contributed by atoms with Crippen molar-refractivity contribution in [1.82, 2.24) is 10.2 Å². The number of hydrogen-bond acceptors (Lipinski definition) is 3. The molecule has 0 saturated heterocycles. The molecule has 0 spiro atoms. The lowest BCUT2D eigenvalue weighted by Gasteiger charge is -2.24. The summed E-state index contributed by atoms with van der Waals surface area (Å²) in [5, 5.41) is 11.7. The molecule has 1 fully saturated rings. The Balaban J connectivity index is 1.86. The number of rotatable bonds is 6. The van der Waals surface area contributed by atoms with Gasteiger partial charge in [0.15, 0.2) is 0 Å². The number of nitrogens with one attached hydrogen (secondary N) is 1. The van der Waals surface area contributed by atoms with E-state index in [0.717, 1.165) is 0 Å². The molecular weight excluding hydrogens is 256 g/mol. The van der Waals surface area contributed by atoms with Gasteiger partial charge in [0.05, 0.1) is 5.56 Å². The predicted molar refractivity (Wildman–Crippen MR) is 76.0 cm³/mol. The number of benzene rings is 1. The van der Waals surface area contributed by atoms with Gasteiger partial charge in [0.2, 0.25) is 0 Å². The average Bonchev–Trinajstić information content (AvgIpc) is 3.28. The molecule has 1 atom stereocenters. The summed E-state index contributed by atoms with van der Waals surface area (Å²) in [4.78, 5) is 25.0. The molecule has 0 aromatic heterocycles. The van der Waals surface area contributed by atoms with Gasteiger partial charge in [-0.05, 0) is 51.1 Å². The SMILES string of the molecule is CC(CNC(=O)c1ccc(C(=O)O)cc1)N(C)C1CC1. The third-order valence-electron chi connectivity index (χ3n) is 3.77. The highest BCUT2D eigenvalue weighted by molar-refractivity contribution is 5.95. The molecule has 1 aromatic rings. The minimum absolute atomic E-state index is 0.169. The minimum atomic E-state index is -0.989. The first-order valence-corrected chi connectivity index (χ1v) is 6.82. The molecule has 1 aliphatic rings. The molecule has 108 valence electrons. The molecular formula is C15H20N2O3. The van der Waals surface area contributed by atoms with Crippen LogP contribution < -0.4 is 5.32 Å². The Bertz CT molecular complexity index is 494. The second-order valence-electron chi connectivity index (χ2n) is 5.34. The Kier molecular flexibility index (Phi) is 4.39. The number of carboxylic acid groups (broad SMARTS) is 1. The van der Waals surface area contributed by atoms with Crippen LogP contribution in [-0.2, 0) is 0 Å². The van der Waals surface area contributed by atoms with Crippen molar-refractivity contribution in [3.8, 4) is 0 Å². The van der Waals surface area contributed by atoms with Crippen LogP contribution in [0.2, 0.25) is 0 Å². The molecule has 20 heavy (non-hydrogen) atoms. The highest BCUT2D eigenvalue weighted by Crippen LogP contribution is 2.26. The Morgan fingerprint density at radius 1 is 1.30 bits per heavy atom. The van der Waals surface area contributed by atoms with Crippen LogP contribution in [0, 0.1) is 0 Å². The standard InChI is InChI=1S/C15H20N2O3/c1-10(17(2)13-7-8-13)9-16-14(18)11-3-5-12(6-4-11)15(19)20/h3-6,10,13H,7-9H2,1-2H3,(H,16,18)(H,19,20). The third-order valence-corrected chi connectivity index (χ3v) is 3.77. The molecule has 1 unspecified atom stereocenters. The van der Waals surface area contributed by atoms with Crippen molar-refractivity contribution in [2.24, 2.45) is 0 Å². The van der Waals surface area contributed by atoms with Gasteiger partial charge in [-0.1, -0.05) is 0 Å². The Hall–Kier alpha value is -1.88. The first-order chi connectivity index (χ1) is 9.49. The van der Waals surface area contributed by atoms with Crippen LogP contribution in [0.3, 0.4) is 0 Å². The van der Waals surface area contributed by atoms with Crippen LogP contribution in [0.15, 0.2) is 24.3 Å². The van der Waals surface area contributed by atoms with Crippen LogP contribution in [0.5, 0.6) is 0 Å². The highest BCUT2D eigenvalue weighted by Gasteiger charge is 2.29. The van der Waals surface area contributed by atoms with Gasteiger partial charge in [0.25, 0.3) is 5.91 Å². The van der Waals surface area contributed by atoms with Crippen LogP contribution in [0.25, 0.3) is 0 Å². The summed E-state index contributed by atoms with van der Waals surface area (Å²) < 4.78 is 0. The van der Waals surface area contributed by atoms with E-state index < -0.39 is 5.97 Å². The van der Waals surface area contributed by atoms with Crippen molar-refractivity contribution in [2.45, 2.75) is 31.8 Å². The number of amides is 1. The van der Waals surface area contributed by atoms with Crippen molar-refractivity contribution < 1.29 is 14.7 Å². The summed E-state index contributed by atoms with van der Waals surface area (Å²) in [6.45, 7) is 2.68. The lowest BCUT2D eigenvalue weighted by Crippen LogP contribution is -2.41. The van der Waals surface area contributed by atoms with Crippen molar-refractivity contribution >= 4 is 11.9 Å². The predicted octanol–water partition coefficient (Wildman–Crippen LogP) is 1.60. The lowest BCUT2D eigenvalue weighted by molar-refractivity contribution is 0.0696. The zero-order valence-corrected chi connectivity index (χ0v) is 11.8. The number of carbonyl (C=O) groups is 2. The fraction of sp³-hybridized carbons (Fsp3) is 0.467. The summed E-state index contributed by atoms with van der Waals surface area (Å²) in [5.41, 5.74) is 0.666. The molecule has 1 amide bonds. The van der Waals surface area contributed by atoms with Gasteiger partial charge in [0.1, 0.15) is 0 Å². The summed E-state index contributed by atoms with van der Waals surface area (Å²) in [6, 6.07) is 6.91. The summed E-state index contributed by atoms with van der Waals surface area (Å²) in [5.74, 6) is -1.16. The third kappa shape index (κ3) is 3.57. The van der Waals surface area contributed by atoms with E-state index in [-0.39, 0.29) is 11.5 Å². The van der Waals surface area contributed by atoms with Gasteiger partial charge < -0.3 is 10.4 Å². The fourth-order valence-corrected chi connectivity index (χ4v) is 2.09. The Labute approximate surface area is 118 Å². The van der Waals surface area contributed by atoms with E-state index in [1.807, 2.05) is 0 Å². The second kappa shape index (κ2) is 6.05. The van der Waals surface area contributed by atoms with Gasteiger partial charge in [-0.3, -0.25) is 9.69 Å². The Morgan fingerprint density at radius 2 is 1.85 bits per heavy atom. The number of nitrogens with zero attached hydrogens (tertiary/aromatic N) is 1. The van der Waals surface area contributed by atoms with E-state index in [1.54, 1.807) is 0 Å². The first kappa shape index (κ1) is 14.5. The highest BCUT2D eigenvalue weighted by atomic mass is 16.4. The molecule has 5 heteroatoms. The molecule has 2 rings (SSSR count). The van der Waals surface area contributed by atoms with E-state index in [9.17, 15) is 9.59 Å². The van der Waals surface area contributed by atoms with E-state index in [1.165, 1.54) is 37.1 Å². The number of carbonyl (C=O) groups excluding carboxylic acids is 1. The van der Waals surface area contributed by atoms with Crippen molar-refractivity contribution in [3.05, 3.63) is 35.4 Å². The topological polar surface area (TPSA) is 69.6 Å². The summed E-state index contributed by atoms with van der Waals surface area (Å²) in [6.07, 6.45) is 2.48. The van der Waals surface area contributed by atoms with Gasteiger partial charge in [-0.2, -0.15) is 0 Å². The quantitative estimate of drug-likeness (QED) is 0.828. The normalized spacial score (nSPS) is 15.9. The average molecular weight is 276 g/mol. The van der Waals surface area contributed by atoms with Crippen molar-refractivity contribution in [3.63, 3.8) is 0 Å². The molecule has 1 aliphatic carbocycles. The zero-order valence-electron chi connectivity index (χ0n) is 11.8. The van der Waals surface area contributed by atoms with E-state index in [0.29, 0.717) is 24.2 Å². The lowest BCUT2D eigenvalue weighted by atomic mass is 10.1. The summed E-state index contributed by atoms with van der Waals surface area (Å²) in [7, 11) is 2.08. The van der Waals surface area contributed by atoms with Crippen molar-refractivity contribution in [2.75, 3.05) is 13.6 Å². The monoisotopic (exact) mass is 276 g/mol. The molecule has 5 nitrogen and oxygen atoms in total. The van der Waals surface area contributed by atoms with Crippen LogP contribution >= 0.6 is 0 Å². The largest absolute Gasteiger partial charge is 0.478 e.